The van der Waals surface area contributed by atoms with Crippen LogP contribution in [0.5, 0.6) is 0 Å². The summed E-state index contributed by atoms with van der Waals surface area (Å²) in [5.74, 6) is -0.342. The van der Waals surface area contributed by atoms with E-state index in [9.17, 15) is 13.2 Å². The zero-order valence-corrected chi connectivity index (χ0v) is 17.5. The third-order valence-electron chi connectivity index (χ3n) is 4.61. The van der Waals surface area contributed by atoms with Crippen LogP contribution >= 0.6 is 11.6 Å². The Hall–Kier alpha value is -2.35. The number of sulfonamides is 1. The van der Waals surface area contributed by atoms with Gasteiger partial charge in [-0.05, 0) is 43.2 Å². The van der Waals surface area contributed by atoms with Crippen molar-refractivity contribution in [1.29, 1.82) is 0 Å². The topological polar surface area (TPSA) is 75.7 Å². The van der Waals surface area contributed by atoms with Gasteiger partial charge in [0.2, 0.25) is 0 Å². The Morgan fingerprint density at radius 2 is 2.07 bits per heavy atom. The SMILES string of the molecule is C=CCN(c1ccccc1Cl)S(=O)(=O)c1cccc(C(=O)NCC2CCCO2)c1. The number of carbonyl (C=O) groups excluding carboxylic acids is 1. The first kappa shape index (κ1) is 21.4. The van der Waals surface area contributed by atoms with Crippen molar-refractivity contribution in [2.75, 3.05) is 24.0 Å². The number of amides is 1. The minimum atomic E-state index is -3.95. The van der Waals surface area contributed by atoms with Gasteiger partial charge in [-0.1, -0.05) is 35.9 Å². The first-order valence-electron chi connectivity index (χ1n) is 9.31. The van der Waals surface area contributed by atoms with Gasteiger partial charge in [0.15, 0.2) is 0 Å². The summed E-state index contributed by atoms with van der Waals surface area (Å²) in [6.07, 6.45) is 3.38. The van der Waals surface area contributed by atoms with Crippen LogP contribution < -0.4 is 9.62 Å². The summed E-state index contributed by atoms with van der Waals surface area (Å²) in [4.78, 5) is 12.5. The highest BCUT2D eigenvalue weighted by Crippen LogP contribution is 2.30. The highest BCUT2D eigenvalue weighted by Gasteiger charge is 2.26. The maximum absolute atomic E-state index is 13.3. The first-order chi connectivity index (χ1) is 13.9. The van der Waals surface area contributed by atoms with E-state index in [-0.39, 0.29) is 29.0 Å². The van der Waals surface area contributed by atoms with Gasteiger partial charge in [0.25, 0.3) is 15.9 Å². The summed E-state index contributed by atoms with van der Waals surface area (Å²) in [5, 5.41) is 3.11. The van der Waals surface area contributed by atoms with Gasteiger partial charge in [0.1, 0.15) is 0 Å². The molecule has 0 aliphatic carbocycles. The molecule has 1 unspecified atom stereocenters. The lowest BCUT2D eigenvalue weighted by Gasteiger charge is -2.24. The molecular weight excluding hydrogens is 412 g/mol. The van der Waals surface area contributed by atoms with Crippen molar-refractivity contribution in [1.82, 2.24) is 5.32 Å². The first-order valence-corrected chi connectivity index (χ1v) is 11.1. The van der Waals surface area contributed by atoms with Crippen LogP contribution in [-0.2, 0) is 14.8 Å². The number of hydrogen-bond acceptors (Lipinski definition) is 4. The minimum Gasteiger partial charge on any atom is -0.376 e. The van der Waals surface area contributed by atoms with Gasteiger partial charge in [-0.2, -0.15) is 0 Å². The Balaban J connectivity index is 1.85. The molecule has 3 rings (SSSR count). The van der Waals surface area contributed by atoms with E-state index < -0.39 is 10.0 Å². The normalized spacial score (nSPS) is 16.4. The van der Waals surface area contributed by atoms with Crippen LogP contribution in [0.1, 0.15) is 23.2 Å². The smallest absolute Gasteiger partial charge is 0.264 e. The highest BCUT2D eigenvalue weighted by atomic mass is 35.5. The third kappa shape index (κ3) is 4.98. The molecule has 1 aliphatic heterocycles. The molecule has 154 valence electrons. The minimum absolute atomic E-state index is 0.00374. The molecule has 1 saturated heterocycles. The van der Waals surface area contributed by atoms with Crippen molar-refractivity contribution in [3.63, 3.8) is 0 Å². The van der Waals surface area contributed by atoms with Crippen molar-refractivity contribution in [3.05, 3.63) is 71.8 Å². The number of carbonyl (C=O) groups is 1. The average Bonchev–Trinajstić information content (AvgIpc) is 3.24. The van der Waals surface area contributed by atoms with Gasteiger partial charge in [-0.25, -0.2) is 8.42 Å². The van der Waals surface area contributed by atoms with Crippen molar-refractivity contribution >= 4 is 33.2 Å². The number of nitrogens with zero attached hydrogens (tertiary/aromatic N) is 1. The zero-order valence-electron chi connectivity index (χ0n) is 15.9. The van der Waals surface area contributed by atoms with Crippen LogP contribution in [-0.4, -0.2) is 40.1 Å². The molecular formula is C21H23ClN2O4S. The molecule has 0 aromatic heterocycles. The van der Waals surface area contributed by atoms with Crippen molar-refractivity contribution < 1.29 is 17.9 Å². The van der Waals surface area contributed by atoms with E-state index in [0.29, 0.717) is 23.9 Å². The molecule has 6 nitrogen and oxygen atoms in total. The molecule has 0 bridgehead atoms. The number of ether oxygens (including phenoxy) is 1. The lowest BCUT2D eigenvalue weighted by Crippen LogP contribution is -2.33. The molecule has 8 heteroatoms. The fraction of sp³-hybridized carbons (Fsp3) is 0.286. The molecule has 1 fully saturated rings. The molecule has 1 aliphatic rings. The summed E-state index contributed by atoms with van der Waals surface area (Å²) < 4.78 is 33.2. The van der Waals surface area contributed by atoms with Crippen LogP contribution in [0.3, 0.4) is 0 Å². The summed E-state index contributed by atoms with van der Waals surface area (Å²) >= 11 is 6.22. The van der Waals surface area contributed by atoms with Crippen LogP contribution in [0.2, 0.25) is 5.02 Å². The molecule has 1 atom stereocenters. The van der Waals surface area contributed by atoms with Crippen molar-refractivity contribution in [2.24, 2.45) is 0 Å². The van der Waals surface area contributed by atoms with Crippen LogP contribution in [0.4, 0.5) is 5.69 Å². The average molecular weight is 435 g/mol. The van der Waals surface area contributed by atoms with E-state index in [1.54, 1.807) is 36.4 Å². The molecule has 1 amide bonds. The quantitative estimate of drug-likeness (QED) is 0.644. The fourth-order valence-electron chi connectivity index (χ4n) is 3.14. The number of benzene rings is 2. The Morgan fingerprint density at radius 1 is 1.28 bits per heavy atom. The maximum Gasteiger partial charge on any atom is 0.264 e. The number of rotatable bonds is 8. The summed E-state index contributed by atoms with van der Waals surface area (Å²) in [7, 11) is -3.95. The molecule has 0 spiro atoms. The van der Waals surface area contributed by atoms with E-state index in [2.05, 4.69) is 11.9 Å². The molecule has 2 aromatic rings. The van der Waals surface area contributed by atoms with E-state index in [1.165, 1.54) is 22.5 Å². The van der Waals surface area contributed by atoms with Crippen molar-refractivity contribution in [2.45, 2.75) is 23.8 Å². The Labute approximate surface area is 176 Å². The monoisotopic (exact) mass is 434 g/mol. The van der Waals surface area contributed by atoms with Gasteiger partial charge in [0, 0.05) is 18.7 Å². The van der Waals surface area contributed by atoms with Crippen LogP contribution in [0, 0.1) is 0 Å². The van der Waals surface area contributed by atoms with E-state index in [1.807, 2.05) is 0 Å². The fourth-order valence-corrected chi connectivity index (χ4v) is 4.92. The molecule has 1 N–H and O–H groups in total. The summed E-state index contributed by atoms with van der Waals surface area (Å²) in [6, 6.07) is 12.6. The second kappa shape index (κ2) is 9.43. The third-order valence-corrected chi connectivity index (χ3v) is 6.71. The molecule has 2 aromatic carbocycles. The largest absolute Gasteiger partial charge is 0.376 e. The number of halogens is 1. The summed E-state index contributed by atoms with van der Waals surface area (Å²) in [5.41, 5.74) is 0.615. The molecule has 0 saturated carbocycles. The number of hydrogen-bond donors (Lipinski definition) is 1. The second-order valence-electron chi connectivity index (χ2n) is 6.65. The predicted octanol–water partition coefficient (Wildman–Crippen LogP) is 3.63. The lowest BCUT2D eigenvalue weighted by molar-refractivity contribution is 0.0857. The highest BCUT2D eigenvalue weighted by molar-refractivity contribution is 7.92. The molecule has 29 heavy (non-hydrogen) atoms. The maximum atomic E-state index is 13.3. The molecule has 0 radical (unpaired) electrons. The number of nitrogens with one attached hydrogen (secondary N) is 1. The number of para-hydroxylation sites is 1. The van der Waals surface area contributed by atoms with Crippen LogP contribution in [0.25, 0.3) is 0 Å². The van der Waals surface area contributed by atoms with Gasteiger partial charge in [0.05, 0.1) is 28.3 Å². The van der Waals surface area contributed by atoms with Gasteiger partial charge in [-0.3, -0.25) is 9.10 Å². The van der Waals surface area contributed by atoms with E-state index in [4.69, 9.17) is 16.3 Å². The van der Waals surface area contributed by atoms with E-state index in [0.717, 1.165) is 12.8 Å². The Bertz CT molecular complexity index is 988. The number of anilines is 1. The Morgan fingerprint density at radius 3 is 2.76 bits per heavy atom. The van der Waals surface area contributed by atoms with Gasteiger partial charge in [-0.15, -0.1) is 6.58 Å². The van der Waals surface area contributed by atoms with Gasteiger partial charge >= 0.3 is 0 Å². The van der Waals surface area contributed by atoms with Crippen LogP contribution in [0.15, 0.2) is 66.1 Å². The van der Waals surface area contributed by atoms with E-state index >= 15 is 0 Å². The molecule has 1 heterocycles. The van der Waals surface area contributed by atoms with Gasteiger partial charge < -0.3 is 10.1 Å². The lowest BCUT2D eigenvalue weighted by atomic mass is 10.2. The summed E-state index contributed by atoms with van der Waals surface area (Å²) in [6.45, 7) is 4.79. The van der Waals surface area contributed by atoms with Crippen molar-refractivity contribution in [3.8, 4) is 0 Å². The standard InChI is InChI=1S/C21H23ClN2O4S/c1-2-12-24(20-11-4-3-10-19(20)22)29(26,27)18-9-5-7-16(14-18)21(25)23-15-17-8-6-13-28-17/h2-5,7,9-11,14,17H,1,6,8,12-13,15H2,(H,23,25). The zero-order chi connectivity index (χ0) is 20.9. The second-order valence-corrected chi connectivity index (χ2v) is 8.92. The predicted molar refractivity (Wildman–Crippen MR) is 114 cm³/mol. The Kier molecular flexibility index (Phi) is 6.95.